The fourth-order valence-corrected chi connectivity index (χ4v) is 2.05. The average molecular weight is 195 g/mol. The van der Waals surface area contributed by atoms with E-state index in [1.54, 1.807) is 0 Å². The van der Waals surface area contributed by atoms with Crippen LogP contribution in [0.3, 0.4) is 0 Å². The molecule has 13 heavy (non-hydrogen) atoms. The van der Waals surface area contributed by atoms with Gasteiger partial charge in [-0.1, -0.05) is 17.7 Å². The van der Waals surface area contributed by atoms with Crippen LogP contribution in [0.15, 0.2) is 12.1 Å². The molecule has 3 heteroatoms. The molecule has 1 aromatic carbocycles. The summed E-state index contributed by atoms with van der Waals surface area (Å²) in [6, 6.07) is 3.94. The molecule has 0 amide bonds. The lowest BCUT2D eigenvalue weighted by atomic mass is 10.1. The molecule has 0 saturated heterocycles. The van der Waals surface area contributed by atoms with Crippen LogP contribution in [0.2, 0.25) is 5.02 Å². The summed E-state index contributed by atoms with van der Waals surface area (Å²) in [5.41, 5.74) is 3.33. The van der Waals surface area contributed by atoms with Crippen molar-refractivity contribution < 1.29 is 0 Å². The third kappa shape index (κ3) is 1.13. The molecule has 0 radical (unpaired) electrons. The highest BCUT2D eigenvalue weighted by atomic mass is 35.5. The number of nitrogens with zero attached hydrogens (tertiary/aromatic N) is 2. The van der Waals surface area contributed by atoms with Gasteiger partial charge in [-0.2, -0.15) is 5.10 Å². The Bertz CT molecular complexity index is 429. The Balaban J connectivity index is 3.03. The molecule has 0 N–H and O–H groups in total. The highest BCUT2D eigenvalue weighted by Crippen LogP contribution is 2.28. The van der Waals surface area contributed by atoms with Crippen LogP contribution in [-0.2, 0) is 7.05 Å². The van der Waals surface area contributed by atoms with E-state index in [2.05, 4.69) is 12.0 Å². The molecule has 0 atom stereocenters. The monoisotopic (exact) mass is 194 g/mol. The Kier molecular flexibility index (Phi) is 1.81. The van der Waals surface area contributed by atoms with Gasteiger partial charge in [-0.05, 0) is 25.5 Å². The Morgan fingerprint density at radius 2 is 2.00 bits per heavy atom. The number of aryl methyl sites for hydroxylation is 3. The Labute approximate surface area is 82.1 Å². The SMILES string of the molecule is Cc1nn(C)c2c(C)ccc(Cl)c12. The number of aromatic nitrogens is 2. The van der Waals surface area contributed by atoms with Crippen molar-refractivity contribution in [1.82, 2.24) is 9.78 Å². The number of benzene rings is 1. The lowest BCUT2D eigenvalue weighted by Crippen LogP contribution is -1.91. The maximum absolute atomic E-state index is 6.09. The largest absolute Gasteiger partial charge is 0.267 e. The summed E-state index contributed by atoms with van der Waals surface area (Å²) in [5, 5.41) is 6.20. The standard InChI is InChI=1S/C10H11ClN2/c1-6-4-5-8(11)9-7(2)12-13(3)10(6)9/h4-5H,1-3H3. The van der Waals surface area contributed by atoms with Crippen molar-refractivity contribution in [2.24, 2.45) is 7.05 Å². The maximum Gasteiger partial charge on any atom is 0.0726 e. The molecular formula is C10H11ClN2. The highest BCUT2D eigenvalue weighted by Gasteiger charge is 2.09. The molecule has 0 aliphatic carbocycles. The quantitative estimate of drug-likeness (QED) is 0.631. The number of rotatable bonds is 0. The van der Waals surface area contributed by atoms with Gasteiger partial charge in [-0.25, -0.2) is 0 Å². The minimum Gasteiger partial charge on any atom is -0.267 e. The van der Waals surface area contributed by atoms with E-state index in [4.69, 9.17) is 11.6 Å². The van der Waals surface area contributed by atoms with Gasteiger partial charge in [-0.15, -0.1) is 0 Å². The first-order valence-electron chi connectivity index (χ1n) is 4.19. The maximum atomic E-state index is 6.09. The van der Waals surface area contributed by atoms with Gasteiger partial charge in [0.1, 0.15) is 0 Å². The first-order chi connectivity index (χ1) is 6.11. The minimum absolute atomic E-state index is 0.784. The van der Waals surface area contributed by atoms with Gasteiger partial charge >= 0.3 is 0 Å². The predicted octanol–water partition coefficient (Wildman–Crippen LogP) is 2.84. The normalized spacial score (nSPS) is 11.1. The lowest BCUT2D eigenvalue weighted by Gasteiger charge is -2.00. The van der Waals surface area contributed by atoms with Crippen LogP contribution in [0, 0.1) is 13.8 Å². The second-order valence-corrected chi connectivity index (χ2v) is 3.70. The molecule has 2 nitrogen and oxygen atoms in total. The topological polar surface area (TPSA) is 17.8 Å². The zero-order valence-electron chi connectivity index (χ0n) is 7.93. The Hall–Kier alpha value is -1.02. The first kappa shape index (κ1) is 8.57. The van der Waals surface area contributed by atoms with E-state index in [9.17, 15) is 0 Å². The van der Waals surface area contributed by atoms with E-state index in [-0.39, 0.29) is 0 Å². The molecule has 0 aliphatic rings. The summed E-state index contributed by atoms with van der Waals surface area (Å²) in [6.07, 6.45) is 0. The van der Waals surface area contributed by atoms with Gasteiger partial charge in [0.15, 0.2) is 0 Å². The molecule has 0 fully saturated rings. The molecule has 1 aromatic heterocycles. The summed E-state index contributed by atoms with van der Waals surface area (Å²) in [7, 11) is 1.94. The minimum atomic E-state index is 0.784. The fourth-order valence-electron chi connectivity index (χ4n) is 1.76. The fraction of sp³-hybridized carbons (Fsp3) is 0.300. The van der Waals surface area contributed by atoms with Crippen LogP contribution < -0.4 is 0 Å². The summed E-state index contributed by atoms with van der Waals surface area (Å²) in [5.74, 6) is 0. The van der Waals surface area contributed by atoms with Gasteiger partial charge in [0, 0.05) is 12.4 Å². The lowest BCUT2D eigenvalue weighted by molar-refractivity contribution is 0.781. The number of halogens is 1. The molecule has 0 bridgehead atoms. The second-order valence-electron chi connectivity index (χ2n) is 3.30. The predicted molar refractivity (Wildman–Crippen MR) is 55.2 cm³/mol. The van der Waals surface area contributed by atoms with Crippen molar-refractivity contribution in [3.63, 3.8) is 0 Å². The van der Waals surface area contributed by atoms with E-state index in [1.165, 1.54) is 5.56 Å². The molecule has 0 unspecified atom stereocenters. The molecular weight excluding hydrogens is 184 g/mol. The van der Waals surface area contributed by atoms with Gasteiger partial charge < -0.3 is 0 Å². The third-order valence-electron chi connectivity index (χ3n) is 2.31. The summed E-state index contributed by atoms with van der Waals surface area (Å²) in [6.45, 7) is 4.05. The van der Waals surface area contributed by atoms with Crippen LogP contribution in [0.25, 0.3) is 10.9 Å². The summed E-state index contributed by atoms with van der Waals surface area (Å²) >= 11 is 6.09. The van der Waals surface area contributed by atoms with Crippen molar-refractivity contribution in [1.29, 1.82) is 0 Å². The van der Waals surface area contributed by atoms with Crippen molar-refractivity contribution in [3.8, 4) is 0 Å². The molecule has 2 rings (SSSR count). The zero-order valence-corrected chi connectivity index (χ0v) is 8.68. The average Bonchev–Trinajstić information content (AvgIpc) is 2.36. The van der Waals surface area contributed by atoms with Crippen LogP contribution in [0.4, 0.5) is 0 Å². The molecule has 0 aliphatic heterocycles. The Morgan fingerprint density at radius 1 is 1.31 bits per heavy atom. The molecule has 68 valence electrons. The molecule has 1 heterocycles. The zero-order chi connectivity index (χ0) is 9.59. The van der Waals surface area contributed by atoms with E-state index in [0.717, 1.165) is 21.6 Å². The van der Waals surface area contributed by atoms with Crippen molar-refractivity contribution >= 4 is 22.5 Å². The van der Waals surface area contributed by atoms with Gasteiger partial charge in [0.2, 0.25) is 0 Å². The highest BCUT2D eigenvalue weighted by molar-refractivity contribution is 6.35. The van der Waals surface area contributed by atoms with Gasteiger partial charge in [0.05, 0.1) is 16.2 Å². The van der Waals surface area contributed by atoms with Gasteiger partial charge in [-0.3, -0.25) is 4.68 Å². The van der Waals surface area contributed by atoms with Crippen LogP contribution >= 0.6 is 11.6 Å². The summed E-state index contributed by atoms with van der Waals surface area (Å²) in [4.78, 5) is 0. The number of fused-ring (bicyclic) bond motifs is 1. The van der Waals surface area contributed by atoms with Crippen LogP contribution in [0.5, 0.6) is 0 Å². The number of hydrogen-bond acceptors (Lipinski definition) is 1. The summed E-state index contributed by atoms with van der Waals surface area (Å²) < 4.78 is 1.88. The van der Waals surface area contributed by atoms with Crippen molar-refractivity contribution in [2.45, 2.75) is 13.8 Å². The molecule has 0 saturated carbocycles. The van der Waals surface area contributed by atoms with Crippen LogP contribution in [0.1, 0.15) is 11.3 Å². The first-order valence-corrected chi connectivity index (χ1v) is 4.57. The van der Waals surface area contributed by atoms with Crippen LogP contribution in [-0.4, -0.2) is 9.78 Å². The number of hydrogen-bond donors (Lipinski definition) is 0. The third-order valence-corrected chi connectivity index (χ3v) is 2.63. The van der Waals surface area contributed by atoms with E-state index >= 15 is 0 Å². The molecule has 0 spiro atoms. The molecule has 2 aromatic rings. The Morgan fingerprint density at radius 3 is 2.62 bits per heavy atom. The van der Waals surface area contributed by atoms with E-state index in [0.29, 0.717) is 0 Å². The van der Waals surface area contributed by atoms with E-state index in [1.807, 2.05) is 30.8 Å². The second kappa shape index (κ2) is 2.74. The van der Waals surface area contributed by atoms with Crippen molar-refractivity contribution in [3.05, 3.63) is 28.4 Å². The van der Waals surface area contributed by atoms with E-state index < -0.39 is 0 Å². The smallest absolute Gasteiger partial charge is 0.0726 e. The van der Waals surface area contributed by atoms with Crippen molar-refractivity contribution in [2.75, 3.05) is 0 Å². The van der Waals surface area contributed by atoms with Gasteiger partial charge in [0.25, 0.3) is 0 Å².